The van der Waals surface area contributed by atoms with E-state index in [1.165, 1.54) is 12.1 Å². The van der Waals surface area contributed by atoms with Gasteiger partial charge in [0.15, 0.2) is 0 Å². The molecule has 1 N–H and O–H groups in total. The summed E-state index contributed by atoms with van der Waals surface area (Å²) in [7, 11) is 0. The van der Waals surface area contributed by atoms with Crippen LogP contribution in [0.1, 0.15) is 30.1 Å². The number of rotatable bonds is 3. The molecule has 1 heterocycles. The van der Waals surface area contributed by atoms with Gasteiger partial charge >= 0.3 is 0 Å². The highest BCUT2D eigenvalue weighted by Crippen LogP contribution is 2.19. The molecule has 0 saturated carbocycles. The molecule has 1 aromatic rings. The molecule has 5 heteroatoms. The summed E-state index contributed by atoms with van der Waals surface area (Å²) in [5.74, 6) is -0.758. The largest absolute Gasteiger partial charge is 0.376 e. The van der Waals surface area contributed by atoms with Crippen LogP contribution in [0.5, 0.6) is 0 Å². The number of hydrogen-bond donors (Lipinski definition) is 1. The van der Waals surface area contributed by atoms with Crippen molar-refractivity contribution in [3.63, 3.8) is 0 Å². The summed E-state index contributed by atoms with van der Waals surface area (Å²) in [6, 6.07) is 3.65. The van der Waals surface area contributed by atoms with Crippen LogP contribution in [0.3, 0.4) is 0 Å². The molecule has 98 valence electrons. The number of carbonyl (C=O) groups excluding carboxylic acids is 1. The van der Waals surface area contributed by atoms with Gasteiger partial charge in [-0.05, 0) is 38.0 Å². The maximum Gasteiger partial charge on any atom is 0.253 e. The van der Waals surface area contributed by atoms with Crippen molar-refractivity contribution in [2.75, 3.05) is 6.61 Å². The normalized spacial score (nSPS) is 20.7. The molecule has 2 atom stereocenters. The zero-order valence-electron chi connectivity index (χ0n) is 10.1. The molecule has 0 aromatic heterocycles. The van der Waals surface area contributed by atoms with Crippen LogP contribution in [0.4, 0.5) is 4.39 Å². The van der Waals surface area contributed by atoms with Crippen LogP contribution in [-0.4, -0.2) is 24.7 Å². The Morgan fingerprint density at radius 1 is 1.61 bits per heavy atom. The molecule has 0 unspecified atom stereocenters. The predicted molar refractivity (Wildman–Crippen MR) is 67.3 cm³/mol. The summed E-state index contributed by atoms with van der Waals surface area (Å²) in [4.78, 5) is 12.0. The molecule has 1 aliphatic heterocycles. The first-order chi connectivity index (χ1) is 8.58. The quantitative estimate of drug-likeness (QED) is 0.918. The number of halogens is 2. The van der Waals surface area contributed by atoms with Crippen LogP contribution in [0.2, 0.25) is 5.02 Å². The van der Waals surface area contributed by atoms with Crippen molar-refractivity contribution >= 4 is 17.5 Å². The van der Waals surface area contributed by atoms with Gasteiger partial charge in [0.05, 0.1) is 22.7 Å². The molecule has 1 aliphatic rings. The third-order valence-electron chi connectivity index (χ3n) is 3.06. The van der Waals surface area contributed by atoms with E-state index in [9.17, 15) is 9.18 Å². The van der Waals surface area contributed by atoms with E-state index < -0.39 is 5.82 Å². The molecule has 1 amide bonds. The van der Waals surface area contributed by atoms with Gasteiger partial charge in [-0.1, -0.05) is 11.6 Å². The summed E-state index contributed by atoms with van der Waals surface area (Å²) in [6.07, 6.45) is 2.01. The molecule has 2 rings (SSSR count). The maximum atomic E-state index is 12.9. The highest BCUT2D eigenvalue weighted by Gasteiger charge is 2.24. The van der Waals surface area contributed by atoms with Crippen LogP contribution >= 0.6 is 11.6 Å². The Kier molecular flexibility index (Phi) is 4.19. The fourth-order valence-electron chi connectivity index (χ4n) is 2.05. The van der Waals surface area contributed by atoms with Crippen LogP contribution in [-0.2, 0) is 4.74 Å². The summed E-state index contributed by atoms with van der Waals surface area (Å²) in [6.45, 7) is 2.63. The van der Waals surface area contributed by atoms with Gasteiger partial charge in [0.1, 0.15) is 5.82 Å². The van der Waals surface area contributed by atoms with Gasteiger partial charge in [0.25, 0.3) is 5.91 Å². The van der Waals surface area contributed by atoms with Crippen molar-refractivity contribution in [2.24, 2.45) is 0 Å². The summed E-state index contributed by atoms with van der Waals surface area (Å²) >= 11 is 5.84. The monoisotopic (exact) mass is 271 g/mol. The van der Waals surface area contributed by atoms with Gasteiger partial charge in [0.2, 0.25) is 0 Å². The second-order valence-electron chi connectivity index (χ2n) is 4.44. The molecule has 0 bridgehead atoms. The third-order valence-corrected chi connectivity index (χ3v) is 3.37. The first-order valence-electron chi connectivity index (χ1n) is 5.95. The SMILES string of the molecule is C[C@@H](NC(=O)c1ccc(F)cc1Cl)[C@@H]1CCCO1. The van der Waals surface area contributed by atoms with Crippen molar-refractivity contribution < 1.29 is 13.9 Å². The van der Waals surface area contributed by atoms with E-state index in [4.69, 9.17) is 16.3 Å². The van der Waals surface area contributed by atoms with E-state index in [-0.39, 0.29) is 28.6 Å². The fraction of sp³-hybridized carbons (Fsp3) is 0.462. The van der Waals surface area contributed by atoms with Crippen LogP contribution in [0.25, 0.3) is 0 Å². The summed E-state index contributed by atoms with van der Waals surface area (Å²) in [5, 5.41) is 2.95. The van der Waals surface area contributed by atoms with E-state index in [1.54, 1.807) is 0 Å². The lowest BCUT2D eigenvalue weighted by atomic mass is 10.1. The van der Waals surface area contributed by atoms with E-state index in [2.05, 4.69) is 5.32 Å². The molecule has 0 aliphatic carbocycles. The first-order valence-corrected chi connectivity index (χ1v) is 6.33. The Balaban J connectivity index is 2.02. The zero-order chi connectivity index (χ0) is 13.1. The number of nitrogens with one attached hydrogen (secondary N) is 1. The lowest BCUT2D eigenvalue weighted by Crippen LogP contribution is -2.40. The van der Waals surface area contributed by atoms with Gasteiger partial charge < -0.3 is 10.1 Å². The van der Waals surface area contributed by atoms with Crippen LogP contribution in [0, 0.1) is 5.82 Å². The smallest absolute Gasteiger partial charge is 0.253 e. The van der Waals surface area contributed by atoms with Crippen molar-refractivity contribution in [3.05, 3.63) is 34.6 Å². The summed E-state index contributed by atoms with van der Waals surface area (Å²) < 4.78 is 18.4. The van der Waals surface area contributed by atoms with Crippen molar-refractivity contribution in [1.29, 1.82) is 0 Å². The van der Waals surface area contributed by atoms with Gasteiger partial charge in [-0.3, -0.25) is 4.79 Å². The fourth-order valence-corrected chi connectivity index (χ4v) is 2.30. The minimum absolute atomic E-state index is 0.0492. The maximum absolute atomic E-state index is 12.9. The molecular weight excluding hydrogens is 257 g/mol. The van der Waals surface area contributed by atoms with Crippen molar-refractivity contribution in [1.82, 2.24) is 5.32 Å². The van der Waals surface area contributed by atoms with E-state index in [0.29, 0.717) is 0 Å². The summed E-state index contributed by atoms with van der Waals surface area (Å²) in [5.41, 5.74) is 0.280. The van der Waals surface area contributed by atoms with E-state index >= 15 is 0 Å². The van der Waals surface area contributed by atoms with Gasteiger partial charge in [0, 0.05) is 6.61 Å². The van der Waals surface area contributed by atoms with Crippen LogP contribution < -0.4 is 5.32 Å². The molecule has 3 nitrogen and oxygen atoms in total. The lowest BCUT2D eigenvalue weighted by Gasteiger charge is -2.20. The lowest BCUT2D eigenvalue weighted by molar-refractivity contribution is 0.0712. The zero-order valence-corrected chi connectivity index (χ0v) is 10.8. The van der Waals surface area contributed by atoms with Gasteiger partial charge in [-0.2, -0.15) is 0 Å². The van der Waals surface area contributed by atoms with Crippen LogP contribution in [0.15, 0.2) is 18.2 Å². The number of benzene rings is 1. The van der Waals surface area contributed by atoms with Gasteiger partial charge in [-0.15, -0.1) is 0 Å². The molecule has 0 radical (unpaired) electrons. The Morgan fingerprint density at radius 3 is 3.00 bits per heavy atom. The Bertz CT molecular complexity index is 447. The molecular formula is C13H15ClFNO2. The van der Waals surface area contributed by atoms with E-state index in [1.807, 2.05) is 6.92 Å². The van der Waals surface area contributed by atoms with Gasteiger partial charge in [-0.25, -0.2) is 4.39 Å². The number of ether oxygens (including phenoxy) is 1. The number of amides is 1. The third kappa shape index (κ3) is 3.00. The highest BCUT2D eigenvalue weighted by atomic mass is 35.5. The number of hydrogen-bond acceptors (Lipinski definition) is 2. The predicted octanol–water partition coefficient (Wildman–Crippen LogP) is 2.78. The Morgan fingerprint density at radius 2 is 2.39 bits per heavy atom. The first kappa shape index (κ1) is 13.3. The number of carbonyl (C=O) groups is 1. The highest BCUT2D eigenvalue weighted by molar-refractivity contribution is 6.33. The second kappa shape index (κ2) is 5.67. The average molecular weight is 272 g/mol. The molecule has 1 saturated heterocycles. The minimum atomic E-state index is -0.455. The second-order valence-corrected chi connectivity index (χ2v) is 4.84. The standard InChI is InChI=1S/C13H15ClFNO2/c1-8(12-3-2-6-18-12)16-13(17)10-5-4-9(15)7-11(10)14/h4-5,7-8,12H,2-3,6H2,1H3,(H,16,17)/t8-,12+/m1/s1. The average Bonchev–Trinajstić information content (AvgIpc) is 2.81. The topological polar surface area (TPSA) is 38.3 Å². The molecule has 18 heavy (non-hydrogen) atoms. The van der Waals surface area contributed by atoms with Crippen molar-refractivity contribution in [3.8, 4) is 0 Å². The Labute approximate surface area is 110 Å². The van der Waals surface area contributed by atoms with Crippen molar-refractivity contribution in [2.45, 2.75) is 31.9 Å². The Hall–Kier alpha value is -1.13. The minimum Gasteiger partial charge on any atom is -0.376 e. The molecule has 1 aromatic carbocycles. The van der Waals surface area contributed by atoms with E-state index in [0.717, 1.165) is 25.5 Å². The molecule has 0 spiro atoms. The molecule has 1 fully saturated rings.